The predicted octanol–water partition coefficient (Wildman–Crippen LogP) is 11.2. The van der Waals surface area contributed by atoms with E-state index in [4.69, 9.17) is 0 Å². The summed E-state index contributed by atoms with van der Waals surface area (Å²) < 4.78 is 3.78. The highest BCUT2D eigenvalue weighted by atomic mass is 79.9. The summed E-state index contributed by atoms with van der Waals surface area (Å²) >= 11 is 5.70. The number of para-hydroxylation sites is 1. The first-order chi connectivity index (χ1) is 18.8. The van der Waals surface area contributed by atoms with Crippen molar-refractivity contribution in [1.82, 2.24) is 0 Å². The molecule has 1 nitrogen and oxygen atoms in total. The Balaban J connectivity index is 1.48. The second-order valence-corrected chi connectivity index (χ2v) is 13.8. The molecule has 0 saturated heterocycles. The Morgan fingerprint density at radius 3 is 2.00 bits per heavy atom. The summed E-state index contributed by atoms with van der Waals surface area (Å²) in [6.45, 7) is 9.52. The van der Waals surface area contributed by atoms with Crippen molar-refractivity contribution in [3.8, 4) is 11.1 Å². The van der Waals surface area contributed by atoms with Gasteiger partial charge in [0.05, 0.1) is 21.8 Å². The molecule has 6 aromatic rings. The fraction of sp³-hybridized carbons (Fsp3) is 0.167. The average molecular weight is 587 g/mol. The molecule has 5 aromatic carbocycles. The normalized spacial score (nSPS) is 16.2. The largest absolute Gasteiger partial charge is 0.308 e. The van der Waals surface area contributed by atoms with Crippen molar-refractivity contribution in [2.24, 2.45) is 0 Å². The third-order valence-corrected chi connectivity index (χ3v) is 11.3. The molecule has 2 heterocycles. The minimum atomic E-state index is -0.129. The van der Waals surface area contributed by atoms with Crippen molar-refractivity contribution in [3.05, 3.63) is 124 Å². The number of benzene rings is 5. The van der Waals surface area contributed by atoms with Crippen molar-refractivity contribution in [3.63, 3.8) is 0 Å². The van der Waals surface area contributed by atoms with E-state index in [0.717, 1.165) is 4.47 Å². The number of thiophene rings is 1. The SMILES string of the molecule is CC1(C)c2ccccc2-c2cc3c(cc21)N(c1cccc2c1sc1c(Br)cccc12)c1ccccc1C3(C)C. The molecule has 0 bridgehead atoms. The van der Waals surface area contributed by atoms with Gasteiger partial charge in [0, 0.05) is 30.8 Å². The van der Waals surface area contributed by atoms with Gasteiger partial charge in [-0.05, 0) is 79.6 Å². The van der Waals surface area contributed by atoms with Gasteiger partial charge in [-0.3, -0.25) is 0 Å². The molecule has 0 radical (unpaired) electrons. The van der Waals surface area contributed by atoms with Gasteiger partial charge in [0.15, 0.2) is 0 Å². The zero-order valence-corrected chi connectivity index (χ0v) is 24.9. The van der Waals surface area contributed by atoms with Crippen LogP contribution in [0.1, 0.15) is 49.9 Å². The first-order valence-corrected chi connectivity index (χ1v) is 15.2. The van der Waals surface area contributed by atoms with Crippen LogP contribution in [0, 0.1) is 0 Å². The molecule has 8 rings (SSSR count). The Morgan fingerprint density at radius 1 is 0.538 bits per heavy atom. The van der Waals surface area contributed by atoms with Gasteiger partial charge in [0.1, 0.15) is 0 Å². The fourth-order valence-corrected chi connectivity index (χ4v) is 8.92. The van der Waals surface area contributed by atoms with E-state index in [1.165, 1.54) is 70.6 Å². The highest BCUT2D eigenvalue weighted by Gasteiger charge is 2.42. The van der Waals surface area contributed by atoms with Gasteiger partial charge < -0.3 is 4.90 Å². The van der Waals surface area contributed by atoms with Gasteiger partial charge in [-0.1, -0.05) is 94.4 Å². The van der Waals surface area contributed by atoms with Crippen LogP contribution >= 0.6 is 27.3 Å². The molecule has 39 heavy (non-hydrogen) atoms. The Morgan fingerprint density at radius 2 is 1.18 bits per heavy atom. The summed E-state index contributed by atoms with van der Waals surface area (Å²) in [6.07, 6.45) is 0. The van der Waals surface area contributed by atoms with Crippen LogP contribution in [-0.4, -0.2) is 0 Å². The van der Waals surface area contributed by atoms with E-state index < -0.39 is 0 Å². The molecule has 0 atom stereocenters. The monoisotopic (exact) mass is 585 g/mol. The summed E-state index contributed by atoms with van der Waals surface area (Å²) in [7, 11) is 0. The lowest BCUT2D eigenvalue weighted by Crippen LogP contribution is -2.31. The molecule has 1 aliphatic heterocycles. The molecule has 0 spiro atoms. The van der Waals surface area contributed by atoms with Crippen LogP contribution in [0.5, 0.6) is 0 Å². The van der Waals surface area contributed by atoms with Crippen LogP contribution in [0.2, 0.25) is 0 Å². The van der Waals surface area contributed by atoms with Crippen LogP contribution in [0.15, 0.2) is 102 Å². The van der Waals surface area contributed by atoms with Crippen molar-refractivity contribution >= 4 is 64.5 Å². The van der Waals surface area contributed by atoms with E-state index >= 15 is 0 Å². The predicted molar refractivity (Wildman–Crippen MR) is 171 cm³/mol. The van der Waals surface area contributed by atoms with E-state index in [2.05, 4.69) is 146 Å². The van der Waals surface area contributed by atoms with E-state index in [1.54, 1.807) is 0 Å². The highest BCUT2D eigenvalue weighted by Crippen LogP contribution is 2.58. The van der Waals surface area contributed by atoms with Crippen molar-refractivity contribution in [2.75, 3.05) is 4.90 Å². The van der Waals surface area contributed by atoms with Crippen molar-refractivity contribution < 1.29 is 0 Å². The summed E-state index contributed by atoms with van der Waals surface area (Å²) in [6, 6.07) is 36.3. The minimum absolute atomic E-state index is 0.0534. The molecule has 0 unspecified atom stereocenters. The third-order valence-electron chi connectivity index (χ3n) is 9.13. The molecule has 1 aliphatic carbocycles. The number of anilines is 3. The lowest BCUT2D eigenvalue weighted by Gasteiger charge is -2.43. The summed E-state index contributed by atoms with van der Waals surface area (Å²) in [5, 5.41) is 2.62. The van der Waals surface area contributed by atoms with Crippen LogP contribution in [0.25, 0.3) is 31.3 Å². The molecule has 0 amide bonds. The number of rotatable bonds is 1. The number of fused-ring (bicyclic) bond motifs is 8. The number of hydrogen-bond donors (Lipinski definition) is 0. The summed E-state index contributed by atoms with van der Waals surface area (Å²) in [5.41, 5.74) is 12.0. The second kappa shape index (κ2) is 7.84. The summed E-state index contributed by atoms with van der Waals surface area (Å²) in [4.78, 5) is 2.54. The maximum Gasteiger partial charge on any atom is 0.0640 e. The van der Waals surface area contributed by atoms with Crippen molar-refractivity contribution in [2.45, 2.75) is 38.5 Å². The molecule has 2 aliphatic rings. The van der Waals surface area contributed by atoms with Gasteiger partial charge in [0.2, 0.25) is 0 Å². The topological polar surface area (TPSA) is 3.24 Å². The van der Waals surface area contributed by atoms with Crippen molar-refractivity contribution in [1.29, 1.82) is 0 Å². The summed E-state index contributed by atoms with van der Waals surface area (Å²) in [5.74, 6) is 0. The quantitative estimate of drug-likeness (QED) is 0.185. The number of nitrogens with zero attached hydrogens (tertiary/aromatic N) is 1. The zero-order valence-electron chi connectivity index (χ0n) is 22.5. The lowest BCUT2D eigenvalue weighted by molar-refractivity contribution is 0.627. The molecule has 190 valence electrons. The van der Waals surface area contributed by atoms with E-state index in [0.29, 0.717) is 0 Å². The molecular formula is C36H28BrNS. The standard InChI is InChI=1S/C36H28BrNS/c1-35(2)25-14-6-5-11-21(25)24-19-28-32(20-27(24)35)38(30-17-8-7-15-26(30)36(28,3)4)31-18-10-13-23-22-12-9-16-29(37)33(22)39-34(23)31/h5-20H,1-4H3. The zero-order chi connectivity index (χ0) is 26.7. The molecule has 3 heteroatoms. The van der Waals surface area contributed by atoms with Gasteiger partial charge in [-0.25, -0.2) is 0 Å². The maximum atomic E-state index is 3.82. The third kappa shape index (κ3) is 3.01. The lowest BCUT2D eigenvalue weighted by atomic mass is 9.72. The average Bonchev–Trinajstić information content (AvgIpc) is 3.43. The molecule has 0 saturated carbocycles. The Labute approximate surface area is 241 Å². The van der Waals surface area contributed by atoms with Gasteiger partial charge in [0.25, 0.3) is 0 Å². The molecule has 0 N–H and O–H groups in total. The van der Waals surface area contributed by atoms with Gasteiger partial charge >= 0.3 is 0 Å². The highest BCUT2D eigenvalue weighted by molar-refractivity contribution is 9.10. The van der Waals surface area contributed by atoms with E-state index in [1.807, 2.05) is 11.3 Å². The Bertz CT molecular complexity index is 1990. The fourth-order valence-electron chi connectivity index (χ4n) is 7.10. The van der Waals surface area contributed by atoms with Crippen LogP contribution < -0.4 is 4.90 Å². The first kappa shape index (κ1) is 23.5. The van der Waals surface area contributed by atoms with Crippen LogP contribution in [0.3, 0.4) is 0 Å². The first-order valence-electron chi connectivity index (χ1n) is 13.6. The van der Waals surface area contributed by atoms with Crippen LogP contribution in [0.4, 0.5) is 17.1 Å². The number of halogens is 1. The molecule has 0 fully saturated rings. The molecular weight excluding hydrogens is 558 g/mol. The Hall–Kier alpha value is -3.40. The van der Waals surface area contributed by atoms with Gasteiger partial charge in [-0.2, -0.15) is 0 Å². The van der Waals surface area contributed by atoms with E-state index in [9.17, 15) is 0 Å². The van der Waals surface area contributed by atoms with Gasteiger partial charge in [-0.15, -0.1) is 11.3 Å². The second-order valence-electron chi connectivity index (χ2n) is 11.9. The van der Waals surface area contributed by atoms with Crippen LogP contribution in [-0.2, 0) is 10.8 Å². The Kier molecular flexibility index (Phi) is 4.72. The smallest absolute Gasteiger partial charge is 0.0640 e. The minimum Gasteiger partial charge on any atom is -0.308 e. The number of hydrogen-bond acceptors (Lipinski definition) is 2. The maximum absolute atomic E-state index is 3.82. The van der Waals surface area contributed by atoms with E-state index in [-0.39, 0.29) is 10.8 Å². The molecule has 1 aromatic heterocycles.